The molecule has 2 heterocycles. The van der Waals surface area contributed by atoms with Gasteiger partial charge in [0.25, 0.3) is 0 Å². The molecule has 0 amide bonds. The van der Waals surface area contributed by atoms with Crippen molar-refractivity contribution in [3.05, 3.63) is 24.0 Å². The van der Waals surface area contributed by atoms with E-state index in [-0.39, 0.29) is 17.1 Å². The molecule has 1 aliphatic rings. The molecule has 4 nitrogen and oxygen atoms in total. The Hall–Kier alpha value is -1.42. The zero-order valence-corrected chi connectivity index (χ0v) is 12.1. The Balaban J connectivity index is 2.34. The van der Waals surface area contributed by atoms with Crippen LogP contribution in [0.5, 0.6) is 0 Å². The van der Waals surface area contributed by atoms with Gasteiger partial charge in [-0.2, -0.15) is 0 Å². The lowest BCUT2D eigenvalue weighted by Gasteiger charge is -2.47. The third-order valence-corrected chi connectivity index (χ3v) is 3.70. The molecule has 1 fully saturated rings. The highest BCUT2D eigenvalue weighted by Gasteiger charge is 2.38. The molecule has 0 atom stereocenters. The number of Topliss-reactive ketones (excluding diaryl/α,β-unsaturated/α-hetero) is 1. The molecular formula is C15H22N2O2. The standard InChI is InChI=1S/C15H22N2O2/c1-14(2)8-11(9-15(3,4)16-14)17-7-5-6-12(17)13(19)10-18/h5-7,10-11,16H,8-9H2,1-4H3. The summed E-state index contributed by atoms with van der Waals surface area (Å²) in [6.45, 7) is 8.69. The second-order valence-electron chi connectivity index (χ2n) is 6.74. The highest BCUT2D eigenvalue weighted by Crippen LogP contribution is 2.36. The fourth-order valence-corrected chi connectivity index (χ4v) is 3.45. The van der Waals surface area contributed by atoms with Gasteiger partial charge in [-0.15, -0.1) is 0 Å². The number of hydrogen-bond donors (Lipinski definition) is 1. The Kier molecular flexibility index (Phi) is 3.39. The zero-order valence-electron chi connectivity index (χ0n) is 12.1. The molecule has 0 spiro atoms. The van der Waals surface area contributed by atoms with Crippen LogP contribution in [-0.2, 0) is 4.79 Å². The van der Waals surface area contributed by atoms with Gasteiger partial charge in [0.1, 0.15) is 0 Å². The van der Waals surface area contributed by atoms with Crippen LogP contribution in [-0.4, -0.2) is 27.7 Å². The first-order valence-electron chi connectivity index (χ1n) is 6.70. The second-order valence-corrected chi connectivity index (χ2v) is 6.74. The Morgan fingerprint density at radius 1 is 1.32 bits per heavy atom. The molecule has 1 aliphatic heterocycles. The normalized spacial score (nSPS) is 22.1. The fourth-order valence-electron chi connectivity index (χ4n) is 3.45. The first-order chi connectivity index (χ1) is 8.74. The van der Waals surface area contributed by atoms with Gasteiger partial charge in [0, 0.05) is 23.3 Å². The predicted molar refractivity (Wildman–Crippen MR) is 74.4 cm³/mol. The molecule has 0 bridgehead atoms. The van der Waals surface area contributed by atoms with Crippen molar-refractivity contribution in [3.63, 3.8) is 0 Å². The third-order valence-electron chi connectivity index (χ3n) is 3.70. The molecular weight excluding hydrogens is 240 g/mol. The van der Waals surface area contributed by atoms with Crippen LogP contribution in [0.4, 0.5) is 0 Å². The van der Waals surface area contributed by atoms with Gasteiger partial charge < -0.3 is 9.88 Å². The van der Waals surface area contributed by atoms with E-state index in [1.165, 1.54) is 0 Å². The number of rotatable bonds is 3. The fraction of sp³-hybridized carbons (Fsp3) is 0.600. The van der Waals surface area contributed by atoms with E-state index in [0.29, 0.717) is 12.0 Å². The summed E-state index contributed by atoms with van der Waals surface area (Å²) in [6, 6.07) is 3.79. The lowest BCUT2D eigenvalue weighted by molar-refractivity contribution is -0.104. The second kappa shape index (κ2) is 4.60. The van der Waals surface area contributed by atoms with E-state index < -0.39 is 5.78 Å². The van der Waals surface area contributed by atoms with E-state index in [2.05, 4.69) is 33.0 Å². The van der Waals surface area contributed by atoms with Gasteiger partial charge in [-0.25, -0.2) is 0 Å². The topological polar surface area (TPSA) is 51.1 Å². The first-order valence-corrected chi connectivity index (χ1v) is 6.70. The molecule has 2 rings (SSSR count). The molecule has 104 valence electrons. The molecule has 1 aromatic rings. The van der Waals surface area contributed by atoms with E-state index >= 15 is 0 Å². The number of aromatic nitrogens is 1. The first kappa shape index (κ1) is 14.0. The summed E-state index contributed by atoms with van der Waals surface area (Å²) in [5, 5.41) is 3.62. The van der Waals surface area contributed by atoms with Crippen molar-refractivity contribution in [1.82, 2.24) is 9.88 Å². The van der Waals surface area contributed by atoms with E-state index in [9.17, 15) is 9.59 Å². The number of nitrogens with zero attached hydrogens (tertiary/aromatic N) is 1. The number of ketones is 1. The molecule has 0 radical (unpaired) electrons. The molecule has 4 heteroatoms. The molecule has 1 aromatic heterocycles. The summed E-state index contributed by atoms with van der Waals surface area (Å²) < 4.78 is 1.96. The minimum atomic E-state index is -0.445. The quantitative estimate of drug-likeness (QED) is 0.517. The number of hydrogen-bond acceptors (Lipinski definition) is 3. The SMILES string of the molecule is CC1(C)CC(n2cccc2C(=O)C=O)CC(C)(C)N1. The van der Waals surface area contributed by atoms with Crippen molar-refractivity contribution in [2.24, 2.45) is 0 Å². The summed E-state index contributed by atoms with van der Waals surface area (Å²) in [6.07, 6.45) is 4.16. The Morgan fingerprint density at radius 3 is 2.42 bits per heavy atom. The maximum absolute atomic E-state index is 11.7. The minimum Gasteiger partial charge on any atom is -0.342 e. The number of piperidine rings is 1. The van der Waals surface area contributed by atoms with Crippen molar-refractivity contribution in [2.75, 3.05) is 0 Å². The Bertz CT molecular complexity index is 484. The average molecular weight is 262 g/mol. The zero-order chi connectivity index (χ0) is 14.3. The highest BCUT2D eigenvalue weighted by molar-refractivity contribution is 6.32. The average Bonchev–Trinajstić information content (AvgIpc) is 2.72. The third kappa shape index (κ3) is 2.95. The van der Waals surface area contributed by atoms with Gasteiger partial charge in [-0.3, -0.25) is 9.59 Å². The van der Waals surface area contributed by atoms with Crippen molar-refractivity contribution in [2.45, 2.75) is 57.7 Å². The smallest absolute Gasteiger partial charge is 0.241 e. The van der Waals surface area contributed by atoms with Crippen LogP contribution in [0.1, 0.15) is 57.1 Å². The van der Waals surface area contributed by atoms with E-state index in [4.69, 9.17) is 0 Å². The molecule has 1 saturated heterocycles. The predicted octanol–water partition coefficient (Wildman–Crippen LogP) is 2.35. The van der Waals surface area contributed by atoms with Crippen LogP contribution in [0.3, 0.4) is 0 Å². The monoisotopic (exact) mass is 262 g/mol. The molecule has 0 aliphatic carbocycles. The summed E-state index contributed by atoms with van der Waals surface area (Å²) in [7, 11) is 0. The largest absolute Gasteiger partial charge is 0.342 e. The van der Waals surface area contributed by atoms with Crippen molar-refractivity contribution in [1.29, 1.82) is 0 Å². The lowest BCUT2D eigenvalue weighted by Crippen LogP contribution is -2.58. The summed E-state index contributed by atoms with van der Waals surface area (Å²) >= 11 is 0. The molecule has 19 heavy (non-hydrogen) atoms. The number of nitrogens with one attached hydrogen (secondary N) is 1. The van der Waals surface area contributed by atoms with Gasteiger partial charge in [0.15, 0.2) is 6.29 Å². The molecule has 1 N–H and O–H groups in total. The number of carbonyl (C=O) groups is 2. The van der Waals surface area contributed by atoms with Crippen molar-refractivity contribution < 1.29 is 9.59 Å². The maximum Gasteiger partial charge on any atom is 0.241 e. The molecule has 0 unspecified atom stereocenters. The minimum absolute atomic E-state index is 0.0121. The number of aldehydes is 1. The summed E-state index contributed by atoms with van der Waals surface area (Å²) in [5.74, 6) is -0.445. The van der Waals surface area contributed by atoms with Gasteiger partial charge in [-0.1, -0.05) is 0 Å². The number of carbonyl (C=O) groups excluding carboxylic acids is 2. The van der Waals surface area contributed by atoms with E-state index in [1.54, 1.807) is 6.07 Å². The maximum atomic E-state index is 11.7. The van der Waals surface area contributed by atoms with Crippen LogP contribution in [0.2, 0.25) is 0 Å². The van der Waals surface area contributed by atoms with Crippen molar-refractivity contribution >= 4 is 12.1 Å². The van der Waals surface area contributed by atoms with Gasteiger partial charge in [0.2, 0.25) is 5.78 Å². The Morgan fingerprint density at radius 2 is 1.89 bits per heavy atom. The van der Waals surface area contributed by atoms with Crippen LogP contribution in [0, 0.1) is 0 Å². The van der Waals surface area contributed by atoms with Crippen LogP contribution >= 0.6 is 0 Å². The lowest BCUT2D eigenvalue weighted by atomic mass is 9.79. The molecule has 0 aromatic carbocycles. The summed E-state index contributed by atoms with van der Waals surface area (Å²) in [5.41, 5.74) is 0.518. The van der Waals surface area contributed by atoms with Gasteiger partial charge >= 0.3 is 0 Å². The highest BCUT2D eigenvalue weighted by atomic mass is 16.2. The van der Waals surface area contributed by atoms with Crippen molar-refractivity contribution in [3.8, 4) is 0 Å². The van der Waals surface area contributed by atoms with Crippen LogP contribution in [0.15, 0.2) is 18.3 Å². The van der Waals surface area contributed by atoms with Gasteiger partial charge in [0.05, 0.1) is 5.69 Å². The van der Waals surface area contributed by atoms with Crippen LogP contribution < -0.4 is 5.32 Å². The van der Waals surface area contributed by atoms with Crippen LogP contribution in [0.25, 0.3) is 0 Å². The Labute approximate surface area is 114 Å². The van der Waals surface area contributed by atoms with Gasteiger partial charge in [-0.05, 0) is 52.7 Å². The molecule has 0 saturated carbocycles. The van der Waals surface area contributed by atoms with E-state index in [1.807, 2.05) is 16.8 Å². The van der Waals surface area contributed by atoms with E-state index in [0.717, 1.165) is 12.8 Å². The summed E-state index contributed by atoms with van der Waals surface area (Å²) in [4.78, 5) is 22.4.